The lowest BCUT2D eigenvalue weighted by molar-refractivity contribution is 0.419. The largest absolute Gasteiger partial charge is 0.494 e. The summed E-state index contributed by atoms with van der Waals surface area (Å²) in [5.74, 6) is 1.33. The summed E-state index contributed by atoms with van der Waals surface area (Å²) in [4.78, 5) is 4.48. The first-order chi connectivity index (χ1) is 9.60. The Balaban J connectivity index is 2.52. The quantitative estimate of drug-likeness (QED) is 0.885. The number of methoxy groups -OCH3 is 1. The van der Waals surface area contributed by atoms with Crippen molar-refractivity contribution in [3.63, 3.8) is 0 Å². The average Bonchev–Trinajstić information content (AvgIpc) is 2.80. The molecule has 1 heterocycles. The van der Waals surface area contributed by atoms with Crippen LogP contribution in [0.25, 0.3) is 11.0 Å². The van der Waals surface area contributed by atoms with E-state index in [-0.39, 0.29) is 4.75 Å². The molecule has 4 nitrogen and oxygen atoms in total. The van der Waals surface area contributed by atoms with E-state index in [2.05, 4.69) is 35.7 Å². The van der Waals surface area contributed by atoms with Crippen molar-refractivity contribution in [1.82, 2.24) is 9.55 Å². The number of ether oxygens (including phenoxy) is 1. The number of anilines is 1. The Labute approximate surface area is 124 Å². The van der Waals surface area contributed by atoms with Crippen molar-refractivity contribution in [2.45, 2.75) is 38.0 Å². The zero-order chi connectivity index (χ0) is 14.8. The third kappa shape index (κ3) is 2.46. The second-order valence-electron chi connectivity index (χ2n) is 4.98. The molecule has 0 fully saturated rings. The normalized spacial score (nSPS) is 12.0. The first kappa shape index (κ1) is 15.0. The molecule has 0 saturated carbocycles. The highest BCUT2D eigenvalue weighted by atomic mass is 32.2. The standard InChI is InChI=1S/C15H23N3OS/c1-5-15(6-2,20-4)10-18-11-8-7-9-12(19-3)13(11)17-14(18)16/h7-9H,5-6,10H2,1-4H3,(H2,16,17). The average molecular weight is 293 g/mol. The van der Waals surface area contributed by atoms with Gasteiger partial charge < -0.3 is 15.0 Å². The van der Waals surface area contributed by atoms with Gasteiger partial charge in [-0.05, 0) is 31.2 Å². The summed E-state index contributed by atoms with van der Waals surface area (Å²) >= 11 is 1.91. The molecule has 1 aromatic heterocycles. The fraction of sp³-hybridized carbons (Fsp3) is 0.533. The number of hydrogen-bond acceptors (Lipinski definition) is 4. The van der Waals surface area contributed by atoms with E-state index >= 15 is 0 Å². The van der Waals surface area contributed by atoms with Crippen LogP contribution in [0.3, 0.4) is 0 Å². The summed E-state index contributed by atoms with van der Waals surface area (Å²) in [6.07, 6.45) is 4.38. The zero-order valence-corrected chi connectivity index (χ0v) is 13.5. The van der Waals surface area contributed by atoms with Crippen LogP contribution < -0.4 is 10.5 Å². The Morgan fingerprint density at radius 2 is 2.05 bits per heavy atom. The number of rotatable bonds is 6. The van der Waals surface area contributed by atoms with E-state index in [1.807, 2.05) is 23.9 Å². The van der Waals surface area contributed by atoms with E-state index in [9.17, 15) is 0 Å². The highest BCUT2D eigenvalue weighted by Crippen LogP contribution is 2.35. The molecular formula is C15H23N3OS. The number of hydrogen-bond donors (Lipinski definition) is 1. The lowest BCUT2D eigenvalue weighted by Gasteiger charge is -2.30. The first-order valence-electron chi connectivity index (χ1n) is 6.94. The topological polar surface area (TPSA) is 53.1 Å². The number of benzene rings is 1. The van der Waals surface area contributed by atoms with Crippen LogP contribution in [0.5, 0.6) is 5.75 Å². The highest BCUT2D eigenvalue weighted by molar-refractivity contribution is 8.00. The van der Waals surface area contributed by atoms with Gasteiger partial charge in [-0.3, -0.25) is 0 Å². The third-order valence-electron chi connectivity index (χ3n) is 4.16. The van der Waals surface area contributed by atoms with Crippen molar-refractivity contribution in [3.05, 3.63) is 18.2 Å². The lowest BCUT2D eigenvalue weighted by Crippen LogP contribution is -2.29. The van der Waals surface area contributed by atoms with Gasteiger partial charge in [0.05, 0.1) is 12.6 Å². The van der Waals surface area contributed by atoms with Gasteiger partial charge in [0.15, 0.2) is 0 Å². The van der Waals surface area contributed by atoms with Gasteiger partial charge >= 0.3 is 0 Å². The molecule has 5 heteroatoms. The summed E-state index contributed by atoms with van der Waals surface area (Å²) in [6.45, 7) is 5.34. The van der Waals surface area contributed by atoms with E-state index in [1.165, 1.54) is 0 Å². The van der Waals surface area contributed by atoms with Gasteiger partial charge in [-0.15, -0.1) is 0 Å². The number of nitrogens with two attached hydrogens (primary N) is 1. The third-order valence-corrected chi connectivity index (χ3v) is 5.73. The van der Waals surface area contributed by atoms with Crippen LogP contribution >= 0.6 is 11.8 Å². The maximum atomic E-state index is 6.14. The highest BCUT2D eigenvalue weighted by Gasteiger charge is 2.27. The fourth-order valence-electron chi connectivity index (χ4n) is 2.59. The van der Waals surface area contributed by atoms with Crippen LogP contribution in [0.4, 0.5) is 5.95 Å². The second-order valence-corrected chi connectivity index (χ2v) is 6.25. The molecule has 0 aliphatic heterocycles. The zero-order valence-electron chi connectivity index (χ0n) is 12.6. The molecule has 0 atom stereocenters. The Morgan fingerprint density at radius 1 is 1.35 bits per heavy atom. The minimum absolute atomic E-state index is 0.199. The first-order valence-corrected chi connectivity index (χ1v) is 8.17. The summed E-state index contributed by atoms with van der Waals surface area (Å²) in [5.41, 5.74) is 8.02. The van der Waals surface area contributed by atoms with Crippen molar-refractivity contribution in [3.8, 4) is 5.75 Å². The van der Waals surface area contributed by atoms with Crippen molar-refractivity contribution in [2.24, 2.45) is 0 Å². The molecule has 0 amide bonds. The van der Waals surface area contributed by atoms with Crippen molar-refractivity contribution < 1.29 is 4.74 Å². The van der Waals surface area contributed by atoms with Crippen LogP contribution in [0.1, 0.15) is 26.7 Å². The molecule has 0 radical (unpaired) electrons. The molecular weight excluding hydrogens is 270 g/mol. The van der Waals surface area contributed by atoms with Gasteiger partial charge in [0.2, 0.25) is 5.95 Å². The van der Waals surface area contributed by atoms with Gasteiger partial charge in [0.25, 0.3) is 0 Å². The van der Waals surface area contributed by atoms with Crippen LogP contribution in [0.2, 0.25) is 0 Å². The summed E-state index contributed by atoms with van der Waals surface area (Å²) in [7, 11) is 1.66. The van der Waals surface area contributed by atoms with Gasteiger partial charge in [-0.2, -0.15) is 11.8 Å². The van der Waals surface area contributed by atoms with Crippen LogP contribution in [-0.4, -0.2) is 27.7 Å². The molecule has 0 unspecified atom stereocenters. The predicted molar refractivity (Wildman–Crippen MR) is 87.5 cm³/mol. The molecule has 110 valence electrons. The van der Waals surface area contributed by atoms with Crippen LogP contribution in [-0.2, 0) is 6.54 Å². The lowest BCUT2D eigenvalue weighted by atomic mass is 10.0. The molecule has 2 aromatic rings. The molecule has 0 spiro atoms. The number of para-hydroxylation sites is 1. The van der Waals surface area contributed by atoms with Crippen LogP contribution in [0.15, 0.2) is 18.2 Å². The van der Waals surface area contributed by atoms with Crippen molar-refractivity contribution >= 4 is 28.7 Å². The number of aromatic nitrogens is 2. The fourth-order valence-corrected chi connectivity index (χ4v) is 3.42. The number of nitrogen functional groups attached to an aromatic ring is 1. The van der Waals surface area contributed by atoms with E-state index in [1.54, 1.807) is 7.11 Å². The summed E-state index contributed by atoms with van der Waals surface area (Å²) < 4.78 is 7.68. The van der Waals surface area contributed by atoms with Gasteiger partial charge in [-0.1, -0.05) is 19.9 Å². The van der Waals surface area contributed by atoms with E-state index < -0.39 is 0 Å². The number of fused-ring (bicyclic) bond motifs is 1. The van der Waals surface area contributed by atoms with Crippen molar-refractivity contribution in [1.29, 1.82) is 0 Å². The Bertz CT molecular complexity index is 582. The minimum Gasteiger partial charge on any atom is -0.494 e. The Kier molecular flexibility index (Phi) is 4.48. The van der Waals surface area contributed by atoms with E-state index in [0.717, 1.165) is 36.2 Å². The minimum atomic E-state index is 0.199. The molecule has 0 saturated heterocycles. The molecule has 20 heavy (non-hydrogen) atoms. The molecule has 2 N–H and O–H groups in total. The maximum Gasteiger partial charge on any atom is 0.201 e. The van der Waals surface area contributed by atoms with Gasteiger partial charge in [0, 0.05) is 11.3 Å². The summed E-state index contributed by atoms with van der Waals surface area (Å²) in [6, 6.07) is 5.95. The molecule has 0 aliphatic rings. The van der Waals surface area contributed by atoms with Crippen molar-refractivity contribution in [2.75, 3.05) is 19.1 Å². The molecule has 0 bridgehead atoms. The SMILES string of the molecule is CCC(CC)(Cn1c(N)nc2c(OC)cccc21)SC. The van der Waals surface area contributed by atoms with E-state index in [0.29, 0.717) is 5.95 Å². The maximum absolute atomic E-state index is 6.14. The number of thioether (sulfide) groups is 1. The van der Waals surface area contributed by atoms with Gasteiger partial charge in [0.1, 0.15) is 11.3 Å². The monoisotopic (exact) mass is 293 g/mol. The van der Waals surface area contributed by atoms with E-state index in [4.69, 9.17) is 10.5 Å². The number of imidazole rings is 1. The smallest absolute Gasteiger partial charge is 0.201 e. The summed E-state index contributed by atoms with van der Waals surface area (Å²) in [5, 5.41) is 0. The predicted octanol–water partition coefficient (Wildman–Crippen LogP) is 3.55. The van der Waals surface area contributed by atoms with Gasteiger partial charge in [-0.25, -0.2) is 4.98 Å². The molecule has 0 aliphatic carbocycles. The Hall–Kier alpha value is -1.36. The van der Waals surface area contributed by atoms with Crippen LogP contribution in [0, 0.1) is 0 Å². The second kappa shape index (κ2) is 5.95. The number of nitrogens with zero attached hydrogens (tertiary/aromatic N) is 2. The molecule has 2 rings (SSSR count). The molecule has 1 aromatic carbocycles. The Morgan fingerprint density at radius 3 is 2.60 bits per heavy atom.